The van der Waals surface area contributed by atoms with Crippen molar-refractivity contribution >= 4 is 17.2 Å². The fraction of sp³-hybridized carbons (Fsp3) is 0.667. The van der Waals surface area contributed by atoms with E-state index in [0.717, 1.165) is 45.2 Å². The van der Waals surface area contributed by atoms with Crippen LogP contribution in [0, 0.1) is 5.92 Å². The van der Waals surface area contributed by atoms with Crippen LogP contribution in [0.2, 0.25) is 0 Å². The summed E-state index contributed by atoms with van der Waals surface area (Å²) in [5, 5.41) is 2.16. The van der Waals surface area contributed by atoms with Crippen LogP contribution >= 0.6 is 11.3 Å². The minimum absolute atomic E-state index is 0.227. The van der Waals surface area contributed by atoms with Gasteiger partial charge in [0, 0.05) is 23.9 Å². The highest BCUT2D eigenvalue weighted by atomic mass is 32.1. The Balaban J connectivity index is 2.01. The summed E-state index contributed by atoms with van der Waals surface area (Å²) in [4.78, 5) is 16.1. The molecule has 2 nitrogen and oxygen atoms in total. The third-order valence-corrected chi connectivity index (χ3v) is 4.69. The van der Waals surface area contributed by atoms with Crippen molar-refractivity contribution in [3.63, 3.8) is 0 Å². The second-order valence-corrected chi connectivity index (χ2v) is 6.13. The fourth-order valence-electron chi connectivity index (χ4n) is 2.78. The van der Waals surface area contributed by atoms with E-state index in [9.17, 15) is 4.79 Å². The third-order valence-electron chi connectivity index (χ3n) is 3.67. The second kappa shape index (κ2) is 6.37. The van der Waals surface area contributed by atoms with Crippen molar-refractivity contribution in [3.05, 3.63) is 21.9 Å². The number of hydrogen-bond donors (Lipinski definition) is 0. The zero-order valence-corrected chi connectivity index (χ0v) is 12.3. The molecule has 1 heterocycles. The van der Waals surface area contributed by atoms with E-state index < -0.39 is 0 Å². The highest BCUT2D eigenvalue weighted by Crippen LogP contribution is 2.30. The van der Waals surface area contributed by atoms with Gasteiger partial charge in [-0.05, 0) is 49.1 Å². The monoisotopic (exact) mass is 265 g/mol. The summed E-state index contributed by atoms with van der Waals surface area (Å²) in [7, 11) is 0. The predicted octanol–water partition coefficient (Wildman–Crippen LogP) is 3.50. The van der Waals surface area contributed by atoms with E-state index in [-0.39, 0.29) is 5.92 Å². The topological polar surface area (TPSA) is 20.3 Å². The Hall–Kier alpha value is -0.830. The van der Waals surface area contributed by atoms with Crippen molar-refractivity contribution in [2.75, 3.05) is 13.1 Å². The molecule has 1 aromatic rings. The summed E-state index contributed by atoms with van der Waals surface area (Å²) in [5.41, 5.74) is 1.41. The van der Waals surface area contributed by atoms with E-state index in [1.54, 1.807) is 0 Å². The molecule has 0 aromatic carbocycles. The number of amides is 1. The Kier molecular flexibility index (Phi) is 4.81. The van der Waals surface area contributed by atoms with Gasteiger partial charge in [-0.2, -0.15) is 0 Å². The van der Waals surface area contributed by atoms with Gasteiger partial charge in [-0.25, -0.2) is 0 Å². The van der Waals surface area contributed by atoms with Gasteiger partial charge in [0.15, 0.2) is 0 Å². The van der Waals surface area contributed by atoms with Crippen LogP contribution in [-0.4, -0.2) is 23.9 Å². The maximum Gasteiger partial charge on any atom is 0.226 e. The summed E-state index contributed by atoms with van der Waals surface area (Å²) in [5.74, 6) is 0.612. The van der Waals surface area contributed by atoms with E-state index in [2.05, 4.69) is 30.2 Å². The third kappa shape index (κ3) is 2.94. The first-order valence-electron chi connectivity index (χ1n) is 7.10. The summed E-state index contributed by atoms with van der Waals surface area (Å²) in [6.45, 7) is 6.13. The standard InChI is InChI=1S/C15H23NOS/c1-3-8-16(9-4-2)15(17)13-5-6-14-12(11-13)7-10-18-14/h7,10,13H,3-6,8-9,11H2,1-2H3. The number of thiophene rings is 1. The molecular formula is C15H23NOS. The lowest BCUT2D eigenvalue weighted by Gasteiger charge is -2.29. The van der Waals surface area contributed by atoms with Gasteiger partial charge in [0.2, 0.25) is 5.91 Å². The molecule has 0 bridgehead atoms. The van der Waals surface area contributed by atoms with Crippen molar-refractivity contribution < 1.29 is 4.79 Å². The quantitative estimate of drug-likeness (QED) is 0.798. The lowest BCUT2D eigenvalue weighted by molar-refractivity contribution is -0.136. The Morgan fingerprint density at radius 1 is 1.39 bits per heavy atom. The molecule has 2 rings (SSSR count). The first kappa shape index (κ1) is 13.6. The van der Waals surface area contributed by atoms with E-state index in [1.165, 1.54) is 10.4 Å². The van der Waals surface area contributed by atoms with E-state index in [4.69, 9.17) is 0 Å². The average molecular weight is 265 g/mol. The first-order valence-corrected chi connectivity index (χ1v) is 7.98. The highest BCUT2D eigenvalue weighted by molar-refractivity contribution is 7.10. The number of rotatable bonds is 5. The fourth-order valence-corrected chi connectivity index (χ4v) is 3.72. The molecule has 0 spiro atoms. The van der Waals surface area contributed by atoms with Gasteiger partial charge in [-0.15, -0.1) is 11.3 Å². The van der Waals surface area contributed by atoms with Gasteiger partial charge < -0.3 is 4.90 Å². The van der Waals surface area contributed by atoms with E-state index >= 15 is 0 Å². The molecular weight excluding hydrogens is 242 g/mol. The molecule has 100 valence electrons. The smallest absolute Gasteiger partial charge is 0.226 e. The van der Waals surface area contributed by atoms with Gasteiger partial charge in [0.25, 0.3) is 0 Å². The van der Waals surface area contributed by atoms with Gasteiger partial charge in [0.05, 0.1) is 0 Å². The van der Waals surface area contributed by atoms with Gasteiger partial charge >= 0.3 is 0 Å². The number of fused-ring (bicyclic) bond motifs is 1. The van der Waals surface area contributed by atoms with Crippen LogP contribution in [-0.2, 0) is 17.6 Å². The molecule has 1 unspecified atom stereocenters. The molecule has 0 saturated heterocycles. The van der Waals surface area contributed by atoms with Crippen LogP contribution in [0.15, 0.2) is 11.4 Å². The summed E-state index contributed by atoms with van der Waals surface area (Å²) < 4.78 is 0. The van der Waals surface area contributed by atoms with Crippen molar-refractivity contribution in [1.82, 2.24) is 4.90 Å². The molecule has 0 radical (unpaired) electrons. The molecule has 3 heteroatoms. The largest absolute Gasteiger partial charge is 0.342 e. The zero-order valence-electron chi connectivity index (χ0n) is 11.4. The predicted molar refractivity (Wildman–Crippen MR) is 77.0 cm³/mol. The highest BCUT2D eigenvalue weighted by Gasteiger charge is 2.28. The SMILES string of the molecule is CCCN(CCC)C(=O)C1CCc2sccc2C1. The lowest BCUT2D eigenvalue weighted by Crippen LogP contribution is -2.39. The van der Waals surface area contributed by atoms with Crippen molar-refractivity contribution in [2.24, 2.45) is 5.92 Å². The number of aryl methyl sites for hydroxylation is 1. The van der Waals surface area contributed by atoms with Gasteiger partial charge in [-0.3, -0.25) is 4.79 Å². The molecule has 1 amide bonds. The number of nitrogens with zero attached hydrogens (tertiary/aromatic N) is 1. The Bertz CT molecular complexity index is 393. The minimum atomic E-state index is 0.227. The van der Waals surface area contributed by atoms with Gasteiger partial charge in [-0.1, -0.05) is 13.8 Å². The zero-order chi connectivity index (χ0) is 13.0. The first-order chi connectivity index (χ1) is 8.76. The summed E-state index contributed by atoms with van der Waals surface area (Å²) in [6.07, 6.45) is 5.21. The molecule has 1 aliphatic carbocycles. The van der Waals surface area contributed by atoms with Gasteiger partial charge in [0.1, 0.15) is 0 Å². The molecule has 0 fully saturated rings. The molecule has 0 saturated carbocycles. The van der Waals surface area contributed by atoms with Crippen LogP contribution in [0.25, 0.3) is 0 Å². The number of carbonyl (C=O) groups is 1. The molecule has 0 aliphatic heterocycles. The molecule has 0 N–H and O–H groups in total. The van der Waals surface area contributed by atoms with Crippen LogP contribution in [0.1, 0.15) is 43.6 Å². The second-order valence-electron chi connectivity index (χ2n) is 5.13. The maximum atomic E-state index is 12.5. The summed E-state index contributed by atoms with van der Waals surface area (Å²) in [6, 6.07) is 2.20. The Morgan fingerprint density at radius 2 is 2.11 bits per heavy atom. The van der Waals surface area contributed by atoms with Crippen LogP contribution in [0.5, 0.6) is 0 Å². The Morgan fingerprint density at radius 3 is 2.78 bits per heavy atom. The number of hydrogen-bond acceptors (Lipinski definition) is 2. The average Bonchev–Trinajstić information content (AvgIpc) is 2.84. The van der Waals surface area contributed by atoms with Crippen molar-refractivity contribution in [3.8, 4) is 0 Å². The Labute approximate surface area is 114 Å². The normalized spacial score (nSPS) is 18.4. The minimum Gasteiger partial charge on any atom is -0.342 e. The van der Waals surface area contributed by atoms with E-state index in [0.29, 0.717) is 5.91 Å². The molecule has 18 heavy (non-hydrogen) atoms. The van der Waals surface area contributed by atoms with E-state index in [1.807, 2.05) is 11.3 Å². The summed E-state index contributed by atoms with van der Waals surface area (Å²) >= 11 is 1.84. The van der Waals surface area contributed by atoms with Crippen molar-refractivity contribution in [2.45, 2.75) is 46.0 Å². The molecule has 1 aliphatic rings. The van der Waals surface area contributed by atoms with Crippen molar-refractivity contribution in [1.29, 1.82) is 0 Å². The molecule has 1 atom stereocenters. The van der Waals surface area contributed by atoms with Crippen LogP contribution in [0.4, 0.5) is 0 Å². The maximum absolute atomic E-state index is 12.5. The lowest BCUT2D eigenvalue weighted by atomic mass is 9.87. The van der Waals surface area contributed by atoms with Crippen LogP contribution < -0.4 is 0 Å². The molecule has 1 aromatic heterocycles. The number of carbonyl (C=O) groups excluding carboxylic acids is 1. The van der Waals surface area contributed by atoms with Crippen LogP contribution in [0.3, 0.4) is 0 Å².